The van der Waals surface area contributed by atoms with Gasteiger partial charge in [-0.3, -0.25) is 4.90 Å². The molecule has 106 valence electrons. The molecule has 0 amide bonds. The van der Waals surface area contributed by atoms with Crippen LogP contribution in [0.4, 0.5) is 8.78 Å². The Morgan fingerprint density at radius 1 is 1.21 bits per heavy atom. The minimum Gasteiger partial charge on any atom is -0.329 e. The Labute approximate surface area is 113 Å². The van der Waals surface area contributed by atoms with E-state index in [9.17, 15) is 8.78 Å². The second kappa shape index (κ2) is 5.55. The van der Waals surface area contributed by atoms with Gasteiger partial charge in [0.2, 0.25) is 0 Å². The summed E-state index contributed by atoms with van der Waals surface area (Å²) in [6, 6.07) is 8.02. The van der Waals surface area contributed by atoms with E-state index in [2.05, 4.69) is 0 Å². The number of halogens is 2. The normalized spacial score (nSPS) is 19.0. The number of hydrogen-bond acceptors (Lipinski definition) is 2. The van der Waals surface area contributed by atoms with E-state index in [0.717, 1.165) is 25.7 Å². The Bertz CT molecular complexity index is 400. The number of benzene rings is 1. The van der Waals surface area contributed by atoms with Gasteiger partial charge < -0.3 is 5.73 Å². The number of likely N-dealkylation sites (N-methyl/N-ethyl adjacent to an activating group) is 1. The lowest BCUT2D eigenvalue weighted by molar-refractivity contribution is -0.0567. The minimum atomic E-state index is -2.83. The fourth-order valence-corrected chi connectivity index (χ4v) is 3.01. The third-order valence-corrected chi connectivity index (χ3v) is 4.36. The Kier molecular flexibility index (Phi) is 4.21. The predicted molar refractivity (Wildman–Crippen MR) is 73.2 cm³/mol. The summed E-state index contributed by atoms with van der Waals surface area (Å²) in [5.74, 6) is -2.83. The van der Waals surface area contributed by atoms with Crippen LogP contribution in [0.5, 0.6) is 0 Å². The van der Waals surface area contributed by atoms with E-state index >= 15 is 0 Å². The molecule has 4 heteroatoms. The van der Waals surface area contributed by atoms with Crippen LogP contribution in [0.2, 0.25) is 0 Å². The lowest BCUT2D eigenvalue weighted by atomic mass is 9.94. The first-order valence-corrected chi connectivity index (χ1v) is 6.85. The summed E-state index contributed by atoms with van der Waals surface area (Å²) < 4.78 is 28.6. The molecule has 19 heavy (non-hydrogen) atoms. The van der Waals surface area contributed by atoms with Gasteiger partial charge in [0.25, 0.3) is 5.92 Å². The maximum atomic E-state index is 14.3. The number of hydrogen-bond donors (Lipinski definition) is 1. The fraction of sp³-hybridized carbons (Fsp3) is 0.600. The zero-order valence-electron chi connectivity index (χ0n) is 11.4. The minimum absolute atomic E-state index is 0.0759. The Hall–Kier alpha value is -1.00. The molecule has 1 aromatic rings. The zero-order chi connectivity index (χ0) is 13.9. The molecule has 1 aliphatic rings. The van der Waals surface area contributed by atoms with Crippen LogP contribution in [0.15, 0.2) is 30.3 Å². The topological polar surface area (TPSA) is 29.3 Å². The highest BCUT2D eigenvalue weighted by Crippen LogP contribution is 2.37. The van der Waals surface area contributed by atoms with Crippen LogP contribution in [-0.4, -0.2) is 30.6 Å². The first kappa shape index (κ1) is 14.4. The monoisotopic (exact) mass is 268 g/mol. The Morgan fingerprint density at radius 3 is 2.32 bits per heavy atom. The molecule has 0 radical (unpaired) electrons. The van der Waals surface area contributed by atoms with E-state index in [1.165, 1.54) is 12.1 Å². The molecular weight excluding hydrogens is 246 g/mol. The summed E-state index contributed by atoms with van der Waals surface area (Å²) in [5, 5.41) is 0. The van der Waals surface area contributed by atoms with Crippen LogP contribution in [0.1, 0.15) is 31.2 Å². The van der Waals surface area contributed by atoms with E-state index in [-0.39, 0.29) is 17.6 Å². The molecule has 0 bridgehead atoms. The van der Waals surface area contributed by atoms with Gasteiger partial charge in [-0.05, 0) is 19.9 Å². The van der Waals surface area contributed by atoms with Crippen LogP contribution >= 0.6 is 0 Å². The van der Waals surface area contributed by atoms with Gasteiger partial charge in [-0.15, -0.1) is 0 Å². The molecule has 2 nitrogen and oxygen atoms in total. The summed E-state index contributed by atoms with van der Waals surface area (Å²) in [6.45, 7) is 0.183. The lowest BCUT2D eigenvalue weighted by Crippen LogP contribution is -2.53. The molecule has 0 spiro atoms. The van der Waals surface area contributed by atoms with Crippen molar-refractivity contribution in [2.45, 2.75) is 37.1 Å². The van der Waals surface area contributed by atoms with Crippen molar-refractivity contribution in [1.29, 1.82) is 0 Å². The van der Waals surface area contributed by atoms with Gasteiger partial charge >= 0.3 is 0 Å². The van der Waals surface area contributed by atoms with Crippen molar-refractivity contribution in [2.75, 3.05) is 20.1 Å². The lowest BCUT2D eigenvalue weighted by Gasteiger charge is -2.39. The highest BCUT2D eigenvalue weighted by atomic mass is 19.3. The number of nitrogens with zero attached hydrogens (tertiary/aromatic N) is 1. The molecule has 0 unspecified atom stereocenters. The van der Waals surface area contributed by atoms with Crippen LogP contribution in [0, 0.1) is 0 Å². The molecular formula is C15H22F2N2. The first-order valence-electron chi connectivity index (χ1n) is 6.85. The van der Waals surface area contributed by atoms with Crippen molar-refractivity contribution in [3.8, 4) is 0 Å². The smallest absolute Gasteiger partial charge is 0.285 e. The molecule has 1 aromatic carbocycles. The van der Waals surface area contributed by atoms with Gasteiger partial charge in [-0.25, -0.2) is 0 Å². The van der Waals surface area contributed by atoms with E-state index in [0.29, 0.717) is 6.54 Å². The van der Waals surface area contributed by atoms with Crippen molar-refractivity contribution in [3.63, 3.8) is 0 Å². The van der Waals surface area contributed by atoms with Crippen LogP contribution in [0.25, 0.3) is 0 Å². The van der Waals surface area contributed by atoms with Gasteiger partial charge in [-0.1, -0.05) is 43.2 Å². The number of alkyl halides is 2. The average molecular weight is 268 g/mol. The van der Waals surface area contributed by atoms with Crippen LogP contribution in [-0.2, 0) is 5.92 Å². The van der Waals surface area contributed by atoms with Crippen molar-refractivity contribution in [1.82, 2.24) is 4.90 Å². The quantitative estimate of drug-likeness (QED) is 0.889. The molecule has 1 aliphatic carbocycles. The van der Waals surface area contributed by atoms with E-state index < -0.39 is 5.92 Å². The van der Waals surface area contributed by atoms with Crippen LogP contribution < -0.4 is 5.73 Å². The fourth-order valence-electron chi connectivity index (χ4n) is 3.01. The van der Waals surface area contributed by atoms with Crippen molar-refractivity contribution < 1.29 is 8.78 Å². The summed E-state index contributed by atoms with van der Waals surface area (Å²) in [5.41, 5.74) is 5.68. The Balaban J connectivity index is 2.11. The summed E-state index contributed by atoms with van der Waals surface area (Å²) in [4.78, 5) is 1.77. The van der Waals surface area contributed by atoms with Gasteiger partial charge in [0.15, 0.2) is 0 Å². The third kappa shape index (κ3) is 2.95. The molecule has 2 N–H and O–H groups in total. The summed E-state index contributed by atoms with van der Waals surface area (Å²) in [6.07, 6.45) is 4.01. The van der Waals surface area contributed by atoms with E-state index in [4.69, 9.17) is 5.73 Å². The number of nitrogens with two attached hydrogens (primary N) is 1. The average Bonchev–Trinajstić information content (AvgIpc) is 2.89. The highest BCUT2D eigenvalue weighted by molar-refractivity contribution is 5.20. The molecule has 0 heterocycles. The second-order valence-electron chi connectivity index (χ2n) is 5.56. The van der Waals surface area contributed by atoms with Gasteiger partial charge in [0.05, 0.1) is 6.54 Å². The second-order valence-corrected chi connectivity index (χ2v) is 5.56. The first-order chi connectivity index (χ1) is 9.00. The largest absolute Gasteiger partial charge is 0.329 e. The summed E-state index contributed by atoms with van der Waals surface area (Å²) >= 11 is 0. The molecule has 1 saturated carbocycles. The maximum absolute atomic E-state index is 14.3. The van der Waals surface area contributed by atoms with E-state index in [1.54, 1.807) is 30.1 Å². The van der Waals surface area contributed by atoms with Crippen molar-refractivity contribution in [3.05, 3.63) is 35.9 Å². The Morgan fingerprint density at radius 2 is 1.79 bits per heavy atom. The zero-order valence-corrected chi connectivity index (χ0v) is 11.4. The molecule has 0 atom stereocenters. The van der Waals surface area contributed by atoms with Gasteiger partial charge in [-0.2, -0.15) is 8.78 Å². The molecule has 0 saturated heterocycles. The van der Waals surface area contributed by atoms with Crippen molar-refractivity contribution in [2.24, 2.45) is 5.73 Å². The molecule has 1 fully saturated rings. The van der Waals surface area contributed by atoms with Gasteiger partial charge in [0, 0.05) is 17.6 Å². The molecule has 0 aliphatic heterocycles. The van der Waals surface area contributed by atoms with Gasteiger partial charge in [0.1, 0.15) is 0 Å². The molecule has 2 rings (SSSR count). The predicted octanol–water partition coefficient (Wildman–Crippen LogP) is 2.98. The highest BCUT2D eigenvalue weighted by Gasteiger charge is 2.42. The van der Waals surface area contributed by atoms with E-state index in [1.807, 2.05) is 0 Å². The standard InChI is InChI=1S/C15H22F2N2/c1-19(14(11-18)9-5-6-10-14)12-15(16,17)13-7-3-2-4-8-13/h2-4,7-8H,5-6,9-12,18H2,1H3. The maximum Gasteiger partial charge on any atom is 0.285 e. The summed E-state index contributed by atoms with van der Waals surface area (Å²) in [7, 11) is 1.77. The van der Waals surface area contributed by atoms with Crippen LogP contribution in [0.3, 0.4) is 0 Å². The van der Waals surface area contributed by atoms with Crippen molar-refractivity contribution >= 4 is 0 Å². The third-order valence-electron chi connectivity index (χ3n) is 4.36. The SMILES string of the molecule is CN(CC(F)(F)c1ccccc1)C1(CN)CCCC1. The molecule has 0 aromatic heterocycles. The number of rotatable bonds is 5.